The summed E-state index contributed by atoms with van der Waals surface area (Å²) in [6.07, 6.45) is 3.48. The first-order valence-electron chi connectivity index (χ1n) is 6.36. The van der Waals surface area contributed by atoms with Crippen LogP contribution >= 0.6 is 0 Å². The number of nitrogens with zero attached hydrogens (tertiary/aromatic N) is 2. The fourth-order valence-corrected chi connectivity index (χ4v) is 1.99. The second-order valence-electron chi connectivity index (χ2n) is 4.57. The minimum absolute atomic E-state index is 0.332. The van der Waals surface area contributed by atoms with Crippen molar-refractivity contribution in [2.24, 2.45) is 0 Å². The molecule has 0 aliphatic rings. The van der Waals surface area contributed by atoms with Crippen molar-refractivity contribution >= 4 is 5.82 Å². The average molecular weight is 257 g/mol. The maximum Gasteiger partial charge on any atom is 0.144 e. The Balaban J connectivity index is 2.03. The Kier molecular flexibility index (Phi) is 4.34. The van der Waals surface area contributed by atoms with Crippen LogP contribution in [0, 0.1) is 6.92 Å². The van der Waals surface area contributed by atoms with Crippen molar-refractivity contribution in [2.45, 2.75) is 19.8 Å². The summed E-state index contributed by atoms with van der Waals surface area (Å²) >= 11 is 0. The summed E-state index contributed by atoms with van der Waals surface area (Å²) in [6.45, 7) is 4.88. The fourth-order valence-electron chi connectivity index (χ4n) is 1.99. The second-order valence-corrected chi connectivity index (χ2v) is 4.57. The van der Waals surface area contributed by atoms with Crippen LogP contribution in [0.25, 0.3) is 0 Å². The molecule has 1 unspecified atom stereocenters. The maximum absolute atomic E-state index is 5.38. The van der Waals surface area contributed by atoms with E-state index in [1.54, 1.807) is 19.5 Å². The van der Waals surface area contributed by atoms with Gasteiger partial charge >= 0.3 is 0 Å². The monoisotopic (exact) mass is 257 g/mol. The number of aryl methyl sites for hydroxylation is 1. The molecule has 0 aliphatic heterocycles. The summed E-state index contributed by atoms with van der Waals surface area (Å²) in [5.41, 5.74) is 2.10. The number of benzene rings is 1. The third kappa shape index (κ3) is 3.44. The number of methoxy groups -OCH3 is 1. The van der Waals surface area contributed by atoms with Gasteiger partial charge in [-0.3, -0.25) is 4.98 Å². The highest BCUT2D eigenvalue weighted by Crippen LogP contribution is 2.26. The number of anilines is 1. The third-order valence-corrected chi connectivity index (χ3v) is 3.01. The van der Waals surface area contributed by atoms with Gasteiger partial charge in [0.15, 0.2) is 0 Å². The van der Waals surface area contributed by atoms with Crippen LogP contribution in [0.5, 0.6) is 5.75 Å². The van der Waals surface area contributed by atoms with Crippen LogP contribution in [0.2, 0.25) is 0 Å². The third-order valence-electron chi connectivity index (χ3n) is 3.01. The van der Waals surface area contributed by atoms with Crippen molar-refractivity contribution in [2.75, 3.05) is 19.0 Å². The average Bonchev–Trinajstić information content (AvgIpc) is 2.45. The van der Waals surface area contributed by atoms with E-state index in [9.17, 15) is 0 Å². The predicted molar refractivity (Wildman–Crippen MR) is 76.7 cm³/mol. The van der Waals surface area contributed by atoms with Gasteiger partial charge in [0.25, 0.3) is 0 Å². The minimum Gasteiger partial charge on any atom is -0.496 e. The van der Waals surface area contributed by atoms with Crippen LogP contribution in [0.1, 0.15) is 24.1 Å². The number of rotatable bonds is 5. The van der Waals surface area contributed by atoms with Crippen molar-refractivity contribution in [3.8, 4) is 5.75 Å². The molecule has 2 rings (SSSR count). The van der Waals surface area contributed by atoms with Crippen molar-refractivity contribution in [3.63, 3.8) is 0 Å². The Bertz CT molecular complexity index is 542. The van der Waals surface area contributed by atoms with E-state index in [0.29, 0.717) is 5.92 Å². The summed E-state index contributed by atoms with van der Waals surface area (Å²) < 4.78 is 5.38. The SMILES string of the molecule is COc1ccccc1C(C)CNc1cncc(C)n1. The van der Waals surface area contributed by atoms with Crippen LogP contribution in [-0.2, 0) is 0 Å². The number of nitrogens with one attached hydrogen (secondary N) is 1. The molecule has 0 spiro atoms. The van der Waals surface area contributed by atoms with Crippen LogP contribution < -0.4 is 10.1 Å². The van der Waals surface area contributed by atoms with Gasteiger partial charge in [-0.2, -0.15) is 0 Å². The topological polar surface area (TPSA) is 47.0 Å². The summed E-state index contributed by atoms with van der Waals surface area (Å²) in [5, 5.41) is 3.31. The van der Waals surface area contributed by atoms with Gasteiger partial charge in [0.05, 0.1) is 19.0 Å². The molecule has 0 saturated heterocycles. The number of ether oxygens (including phenoxy) is 1. The molecule has 0 aliphatic carbocycles. The van der Waals surface area contributed by atoms with Crippen LogP contribution in [0.15, 0.2) is 36.7 Å². The maximum atomic E-state index is 5.38. The number of hydrogen-bond acceptors (Lipinski definition) is 4. The Morgan fingerprint density at radius 1 is 1.26 bits per heavy atom. The largest absolute Gasteiger partial charge is 0.496 e. The lowest BCUT2D eigenvalue weighted by atomic mass is 10.0. The van der Waals surface area contributed by atoms with Crippen LogP contribution in [0.4, 0.5) is 5.82 Å². The quantitative estimate of drug-likeness (QED) is 0.894. The summed E-state index contributed by atoms with van der Waals surface area (Å²) in [5.74, 6) is 2.06. The van der Waals surface area contributed by atoms with E-state index in [2.05, 4.69) is 28.3 Å². The highest BCUT2D eigenvalue weighted by Gasteiger charge is 2.10. The smallest absolute Gasteiger partial charge is 0.144 e. The summed E-state index contributed by atoms with van der Waals surface area (Å²) in [7, 11) is 1.70. The van der Waals surface area contributed by atoms with Gasteiger partial charge < -0.3 is 10.1 Å². The summed E-state index contributed by atoms with van der Waals surface area (Å²) in [6, 6.07) is 8.08. The molecular formula is C15H19N3O. The molecule has 4 heteroatoms. The molecular weight excluding hydrogens is 238 g/mol. The predicted octanol–water partition coefficient (Wildman–Crippen LogP) is 3.01. The van der Waals surface area contributed by atoms with Crippen molar-refractivity contribution in [3.05, 3.63) is 47.9 Å². The molecule has 1 aromatic carbocycles. The van der Waals surface area contributed by atoms with Gasteiger partial charge in [0.2, 0.25) is 0 Å². The van der Waals surface area contributed by atoms with Gasteiger partial charge in [-0.25, -0.2) is 4.98 Å². The van der Waals surface area contributed by atoms with Gasteiger partial charge in [0, 0.05) is 18.7 Å². The zero-order chi connectivity index (χ0) is 13.7. The Morgan fingerprint density at radius 3 is 2.79 bits per heavy atom. The Labute approximate surface area is 113 Å². The molecule has 2 aromatic rings. The van der Waals surface area contributed by atoms with Crippen molar-refractivity contribution < 1.29 is 4.74 Å². The summed E-state index contributed by atoms with van der Waals surface area (Å²) in [4.78, 5) is 8.50. The molecule has 0 amide bonds. The van der Waals surface area contributed by atoms with Crippen molar-refractivity contribution in [1.29, 1.82) is 0 Å². The molecule has 1 heterocycles. The molecule has 1 N–H and O–H groups in total. The minimum atomic E-state index is 0.332. The first-order valence-corrected chi connectivity index (χ1v) is 6.36. The molecule has 0 bridgehead atoms. The van der Waals surface area contributed by atoms with Gasteiger partial charge in [0.1, 0.15) is 11.6 Å². The Morgan fingerprint density at radius 2 is 2.05 bits per heavy atom. The Hall–Kier alpha value is -2.10. The first kappa shape index (κ1) is 13.3. The molecule has 1 atom stereocenters. The molecule has 4 nitrogen and oxygen atoms in total. The normalized spacial score (nSPS) is 11.9. The van der Waals surface area contributed by atoms with Gasteiger partial charge in [-0.15, -0.1) is 0 Å². The highest BCUT2D eigenvalue weighted by molar-refractivity contribution is 5.38. The molecule has 0 saturated carbocycles. The fraction of sp³-hybridized carbons (Fsp3) is 0.333. The number of para-hydroxylation sites is 1. The lowest BCUT2D eigenvalue weighted by Crippen LogP contribution is -2.12. The lowest BCUT2D eigenvalue weighted by molar-refractivity contribution is 0.407. The van der Waals surface area contributed by atoms with Crippen LogP contribution in [0.3, 0.4) is 0 Å². The van der Waals surface area contributed by atoms with E-state index in [1.807, 2.05) is 25.1 Å². The standard InChI is InChI=1S/C15H19N3O/c1-11(13-6-4-5-7-14(13)19-3)8-17-15-10-16-9-12(2)18-15/h4-7,9-11H,8H2,1-3H3,(H,17,18). The van der Waals surface area contributed by atoms with Gasteiger partial charge in [-0.05, 0) is 18.6 Å². The molecule has 0 fully saturated rings. The molecule has 0 radical (unpaired) electrons. The van der Waals surface area contributed by atoms with Crippen molar-refractivity contribution in [1.82, 2.24) is 9.97 Å². The molecule has 19 heavy (non-hydrogen) atoms. The highest BCUT2D eigenvalue weighted by atomic mass is 16.5. The lowest BCUT2D eigenvalue weighted by Gasteiger charge is -2.16. The first-order chi connectivity index (χ1) is 9.20. The van der Waals surface area contributed by atoms with E-state index in [1.165, 1.54) is 5.56 Å². The van der Waals surface area contributed by atoms with E-state index in [4.69, 9.17) is 4.74 Å². The second kappa shape index (κ2) is 6.18. The zero-order valence-corrected chi connectivity index (χ0v) is 11.6. The van der Waals surface area contributed by atoms with E-state index >= 15 is 0 Å². The number of hydrogen-bond donors (Lipinski definition) is 1. The number of aromatic nitrogens is 2. The van der Waals surface area contributed by atoms with Crippen LogP contribution in [-0.4, -0.2) is 23.6 Å². The zero-order valence-electron chi connectivity index (χ0n) is 11.6. The van der Waals surface area contributed by atoms with Gasteiger partial charge in [-0.1, -0.05) is 25.1 Å². The van der Waals surface area contributed by atoms with E-state index in [-0.39, 0.29) is 0 Å². The molecule has 1 aromatic heterocycles. The molecule has 100 valence electrons. The van der Waals surface area contributed by atoms with E-state index < -0.39 is 0 Å². The van der Waals surface area contributed by atoms with E-state index in [0.717, 1.165) is 23.8 Å².